The topological polar surface area (TPSA) is 26.7 Å². The number of likely N-dealkylation sites (tertiary alicyclic amines) is 2. The van der Waals surface area contributed by atoms with Crippen LogP contribution in [0.2, 0.25) is 0 Å². The van der Waals surface area contributed by atoms with Crippen molar-refractivity contribution in [3.05, 3.63) is 0 Å². The van der Waals surface area contributed by atoms with E-state index in [1.54, 1.807) is 0 Å². The summed E-state index contributed by atoms with van der Waals surface area (Å²) in [6.45, 7) is 4.73. The van der Waals surface area contributed by atoms with Gasteiger partial charge in [0.15, 0.2) is 0 Å². The van der Waals surface area contributed by atoms with Crippen LogP contribution in [0.4, 0.5) is 0 Å². The van der Waals surface area contributed by atoms with Crippen molar-refractivity contribution in [1.29, 1.82) is 0 Å². The highest BCUT2D eigenvalue weighted by atomic mass is 16.3. The molecule has 0 aromatic rings. The van der Waals surface area contributed by atoms with Crippen molar-refractivity contribution in [1.82, 2.24) is 9.80 Å². The fraction of sp³-hybridized carbons (Fsp3) is 1.00. The lowest BCUT2D eigenvalue weighted by molar-refractivity contribution is -0.0800. The van der Waals surface area contributed by atoms with Gasteiger partial charge in [0, 0.05) is 25.0 Å². The third-order valence-electron chi connectivity index (χ3n) is 4.93. The second kappa shape index (κ2) is 4.28. The summed E-state index contributed by atoms with van der Waals surface area (Å²) in [5.41, 5.74) is 0. The molecule has 1 unspecified atom stereocenters. The molecule has 16 heavy (non-hydrogen) atoms. The van der Waals surface area contributed by atoms with Gasteiger partial charge in [0.1, 0.15) is 0 Å². The summed E-state index contributed by atoms with van der Waals surface area (Å²) >= 11 is 0. The van der Waals surface area contributed by atoms with Crippen molar-refractivity contribution < 1.29 is 5.11 Å². The van der Waals surface area contributed by atoms with E-state index in [1.807, 2.05) is 0 Å². The maximum Gasteiger partial charge on any atom is 0.0635 e. The molecule has 2 heterocycles. The average Bonchev–Trinajstić information content (AvgIpc) is 2.74. The number of rotatable bonds is 1. The first-order chi connectivity index (χ1) is 7.75. The van der Waals surface area contributed by atoms with Crippen molar-refractivity contribution in [2.24, 2.45) is 11.8 Å². The van der Waals surface area contributed by atoms with Gasteiger partial charge in [-0.2, -0.15) is 0 Å². The zero-order chi connectivity index (χ0) is 11.1. The van der Waals surface area contributed by atoms with Gasteiger partial charge in [0.2, 0.25) is 0 Å². The third-order valence-corrected chi connectivity index (χ3v) is 4.93. The Morgan fingerprint density at radius 1 is 1.06 bits per heavy atom. The second-order valence-electron chi connectivity index (χ2n) is 6.02. The Bertz CT molecular complexity index is 250. The smallest absolute Gasteiger partial charge is 0.0635 e. The van der Waals surface area contributed by atoms with Crippen molar-refractivity contribution in [3.63, 3.8) is 0 Å². The maximum atomic E-state index is 10.4. The molecule has 1 saturated carbocycles. The van der Waals surface area contributed by atoms with E-state index >= 15 is 0 Å². The summed E-state index contributed by atoms with van der Waals surface area (Å²) in [6.07, 6.45) is 5.23. The number of aliphatic hydroxyl groups is 1. The first-order valence-corrected chi connectivity index (χ1v) is 6.86. The van der Waals surface area contributed by atoms with Gasteiger partial charge in [-0.15, -0.1) is 0 Å². The lowest BCUT2D eigenvalue weighted by Crippen LogP contribution is -2.58. The molecule has 3 heteroatoms. The third kappa shape index (κ3) is 1.79. The van der Waals surface area contributed by atoms with Gasteiger partial charge in [0.25, 0.3) is 0 Å². The van der Waals surface area contributed by atoms with Gasteiger partial charge in [0.05, 0.1) is 6.10 Å². The Hall–Kier alpha value is -0.120. The molecule has 0 spiro atoms. The van der Waals surface area contributed by atoms with Gasteiger partial charge in [-0.1, -0.05) is 0 Å². The lowest BCUT2D eigenvalue weighted by atomic mass is 9.72. The minimum atomic E-state index is -0.0319. The van der Waals surface area contributed by atoms with E-state index in [4.69, 9.17) is 0 Å². The van der Waals surface area contributed by atoms with Crippen LogP contribution >= 0.6 is 0 Å². The molecule has 4 atom stereocenters. The molecule has 3 rings (SSSR count). The molecular formula is C13H24N2O. The molecule has 3 fully saturated rings. The van der Waals surface area contributed by atoms with Crippen LogP contribution in [0, 0.1) is 11.8 Å². The second-order valence-corrected chi connectivity index (χ2v) is 6.02. The number of nitrogens with zero attached hydrogens (tertiary/aromatic N) is 2. The van der Waals surface area contributed by atoms with Crippen LogP contribution in [-0.2, 0) is 0 Å². The van der Waals surface area contributed by atoms with Crippen LogP contribution < -0.4 is 0 Å². The Morgan fingerprint density at radius 3 is 2.56 bits per heavy atom. The first-order valence-electron chi connectivity index (χ1n) is 6.86. The molecule has 1 aliphatic carbocycles. The molecule has 0 amide bonds. The van der Waals surface area contributed by atoms with Gasteiger partial charge in [-0.25, -0.2) is 0 Å². The average molecular weight is 224 g/mol. The summed E-state index contributed by atoms with van der Waals surface area (Å²) in [5, 5.41) is 10.4. The quantitative estimate of drug-likeness (QED) is 0.713. The fourth-order valence-corrected chi connectivity index (χ4v) is 4.14. The summed E-state index contributed by atoms with van der Waals surface area (Å²) in [7, 11) is 2.21. The van der Waals surface area contributed by atoms with Crippen LogP contribution in [0.15, 0.2) is 0 Å². The van der Waals surface area contributed by atoms with Crippen LogP contribution in [0.5, 0.6) is 0 Å². The minimum absolute atomic E-state index is 0.0319. The summed E-state index contributed by atoms with van der Waals surface area (Å²) in [5.74, 6) is 1.05. The molecule has 1 N–H and O–H groups in total. The van der Waals surface area contributed by atoms with Crippen molar-refractivity contribution in [2.75, 3.05) is 33.2 Å². The Balaban J connectivity index is 1.74. The predicted octanol–water partition coefficient (Wildman–Crippen LogP) is 0.783. The zero-order valence-electron chi connectivity index (χ0n) is 10.3. The summed E-state index contributed by atoms with van der Waals surface area (Å²) in [4.78, 5) is 5.06. The maximum absolute atomic E-state index is 10.4. The van der Waals surface area contributed by atoms with Gasteiger partial charge < -0.3 is 10.0 Å². The highest BCUT2D eigenvalue weighted by molar-refractivity contribution is 4.98. The molecule has 3 aliphatic rings. The molecule has 2 bridgehead atoms. The highest BCUT2D eigenvalue weighted by Gasteiger charge is 2.44. The Kier molecular flexibility index (Phi) is 2.94. The van der Waals surface area contributed by atoms with Gasteiger partial charge >= 0.3 is 0 Å². The zero-order valence-corrected chi connectivity index (χ0v) is 10.3. The monoisotopic (exact) mass is 224 g/mol. The van der Waals surface area contributed by atoms with E-state index in [0.29, 0.717) is 17.9 Å². The van der Waals surface area contributed by atoms with Gasteiger partial charge in [-0.3, -0.25) is 4.90 Å². The molecule has 92 valence electrons. The van der Waals surface area contributed by atoms with Crippen LogP contribution in [0.1, 0.15) is 25.7 Å². The molecule has 3 nitrogen and oxygen atoms in total. The minimum Gasteiger partial charge on any atom is -0.392 e. The summed E-state index contributed by atoms with van der Waals surface area (Å²) in [6, 6.07) is 0.663. The summed E-state index contributed by atoms with van der Waals surface area (Å²) < 4.78 is 0. The predicted molar refractivity (Wildman–Crippen MR) is 64.3 cm³/mol. The molecule has 2 aliphatic heterocycles. The Labute approximate surface area is 98.4 Å². The molecule has 2 saturated heterocycles. The van der Waals surface area contributed by atoms with E-state index in [9.17, 15) is 5.11 Å². The van der Waals surface area contributed by atoms with E-state index in [1.165, 1.54) is 38.8 Å². The molecule has 0 aromatic heterocycles. The van der Waals surface area contributed by atoms with Crippen molar-refractivity contribution in [3.8, 4) is 0 Å². The lowest BCUT2D eigenvalue weighted by Gasteiger charge is -2.50. The number of hydrogen-bond acceptors (Lipinski definition) is 3. The van der Waals surface area contributed by atoms with E-state index < -0.39 is 0 Å². The van der Waals surface area contributed by atoms with Crippen LogP contribution in [0.3, 0.4) is 0 Å². The number of piperidine rings is 1. The standard InChI is InChI=1S/C13H24N2O/c1-14-8-10-4-5-12(11(9-14)13(10)16)15-6-2-3-7-15/h10-13,16H,2-9H2,1H3/t10-,11-,12-,13?/m1/s1. The number of hydrogen-bond donors (Lipinski definition) is 1. The highest BCUT2D eigenvalue weighted by Crippen LogP contribution is 2.38. The largest absolute Gasteiger partial charge is 0.392 e. The molecule has 0 radical (unpaired) electrons. The SMILES string of the molecule is CN1C[C@H]2CC[C@@H](N3CCCC3)[C@@H](C1)C2O. The Morgan fingerprint density at radius 2 is 1.81 bits per heavy atom. The van der Waals surface area contributed by atoms with E-state index in [0.717, 1.165) is 13.1 Å². The number of fused-ring (bicyclic) bond motifs is 2. The van der Waals surface area contributed by atoms with Crippen LogP contribution in [-0.4, -0.2) is 60.3 Å². The number of aliphatic hydroxyl groups excluding tert-OH is 1. The normalized spacial score (nSPS) is 46.1. The van der Waals surface area contributed by atoms with E-state index in [2.05, 4.69) is 16.8 Å². The van der Waals surface area contributed by atoms with E-state index in [-0.39, 0.29) is 6.10 Å². The van der Waals surface area contributed by atoms with Crippen LogP contribution in [0.25, 0.3) is 0 Å². The van der Waals surface area contributed by atoms with Gasteiger partial charge in [-0.05, 0) is 51.7 Å². The van der Waals surface area contributed by atoms with Crippen molar-refractivity contribution >= 4 is 0 Å². The van der Waals surface area contributed by atoms with Crippen molar-refractivity contribution in [2.45, 2.75) is 37.8 Å². The fourth-order valence-electron chi connectivity index (χ4n) is 4.14. The molecule has 0 aromatic carbocycles. The first kappa shape index (κ1) is 11.0. The molecular weight excluding hydrogens is 200 g/mol.